The van der Waals surface area contributed by atoms with Crippen LogP contribution in [0.4, 0.5) is 0 Å². The van der Waals surface area contributed by atoms with Gasteiger partial charge in [-0.15, -0.1) is 0 Å². The third kappa shape index (κ3) is 0.904. The highest BCUT2D eigenvalue weighted by Crippen LogP contribution is 1.78. The lowest BCUT2D eigenvalue weighted by atomic mass is 10.7. The second-order valence-corrected chi connectivity index (χ2v) is 0.731. The van der Waals surface area contributed by atoms with Gasteiger partial charge in [0.2, 0.25) is 0 Å². The van der Waals surface area contributed by atoms with Crippen LogP contribution < -0.4 is 0 Å². The quantitative estimate of drug-likeness (QED) is 0.445. The zero-order chi connectivity index (χ0) is 3.54. The number of hydrogen-bond donors (Lipinski definition) is 0. The Labute approximate surface area is 35.7 Å². The summed E-state index contributed by atoms with van der Waals surface area (Å²) >= 11 is 0. The van der Waals surface area contributed by atoms with Gasteiger partial charge in [0.25, 0.3) is 0 Å². The largest absolute Gasteiger partial charge is 0.461 e. The first kappa shape index (κ1) is 5.24. The van der Waals surface area contributed by atoms with E-state index in [4.69, 9.17) is 0 Å². The maximum absolute atomic E-state index is 4.46. The maximum atomic E-state index is 4.46. The van der Waals surface area contributed by atoms with Crippen LogP contribution in [0.15, 0.2) is 22.8 Å². The van der Waals surface area contributed by atoms with Gasteiger partial charge in [0.15, 0.2) is 6.26 Å². The SMILES string of the molecule is O.[c]1ccco1. The minimum absolute atomic E-state index is 0. The molecule has 1 radical (unpaired) electrons. The molecule has 1 rings (SSSR count). The van der Waals surface area contributed by atoms with Crippen molar-refractivity contribution in [3.63, 3.8) is 0 Å². The van der Waals surface area contributed by atoms with E-state index in [0.717, 1.165) is 0 Å². The molecule has 2 N–H and O–H groups in total. The molecule has 2 nitrogen and oxygen atoms in total. The molecule has 1 aromatic heterocycles. The van der Waals surface area contributed by atoms with Crippen molar-refractivity contribution >= 4 is 0 Å². The molecule has 0 amide bonds. The first-order chi connectivity index (χ1) is 2.50. The van der Waals surface area contributed by atoms with Crippen molar-refractivity contribution in [2.45, 2.75) is 0 Å². The second-order valence-electron chi connectivity index (χ2n) is 0.731. The van der Waals surface area contributed by atoms with Gasteiger partial charge in [-0.25, -0.2) is 0 Å². The van der Waals surface area contributed by atoms with E-state index in [1.807, 2.05) is 0 Å². The molecular weight excluding hydrogens is 80.0 g/mol. The first-order valence-corrected chi connectivity index (χ1v) is 1.40. The number of hydrogen-bond acceptors (Lipinski definition) is 1. The molecule has 0 bridgehead atoms. The Morgan fingerprint density at radius 3 is 2.50 bits per heavy atom. The summed E-state index contributed by atoms with van der Waals surface area (Å²) in [6.07, 6.45) is 4.06. The van der Waals surface area contributed by atoms with Crippen molar-refractivity contribution in [1.29, 1.82) is 0 Å². The molecular formula is C4H5O2. The highest BCUT2D eigenvalue weighted by Gasteiger charge is 1.61. The highest BCUT2D eigenvalue weighted by molar-refractivity contribution is 4.77. The van der Waals surface area contributed by atoms with Gasteiger partial charge in [0, 0.05) is 0 Å². The summed E-state index contributed by atoms with van der Waals surface area (Å²) in [5.41, 5.74) is 0. The minimum Gasteiger partial charge on any atom is -0.461 e. The fourth-order valence-electron chi connectivity index (χ4n) is 0.196. The van der Waals surface area contributed by atoms with E-state index in [-0.39, 0.29) is 5.48 Å². The Bertz CT molecular complexity index is 62.0. The Hall–Kier alpha value is -0.760. The molecule has 0 aliphatic heterocycles. The molecule has 0 atom stereocenters. The molecule has 0 saturated heterocycles. The number of furan rings is 1. The second kappa shape index (κ2) is 2.48. The number of rotatable bonds is 0. The van der Waals surface area contributed by atoms with Gasteiger partial charge in [-0.2, -0.15) is 0 Å². The molecule has 0 fully saturated rings. The monoisotopic (exact) mass is 85.0 g/mol. The zero-order valence-electron chi connectivity index (χ0n) is 3.14. The lowest BCUT2D eigenvalue weighted by molar-refractivity contribution is 0.558. The molecule has 0 spiro atoms. The van der Waals surface area contributed by atoms with Crippen molar-refractivity contribution in [3.8, 4) is 0 Å². The Balaban J connectivity index is 0.000000250. The zero-order valence-corrected chi connectivity index (χ0v) is 3.14. The van der Waals surface area contributed by atoms with Gasteiger partial charge in [-0.1, -0.05) is 0 Å². The third-order valence-corrected chi connectivity index (χ3v) is 0.379. The van der Waals surface area contributed by atoms with E-state index < -0.39 is 0 Å². The van der Waals surface area contributed by atoms with Crippen molar-refractivity contribution in [3.05, 3.63) is 24.7 Å². The van der Waals surface area contributed by atoms with Gasteiger partial charge in [-0.05, 0) is 12.1 Å². The summed E-state index contributed by atoms with van der Waals surface area (Å²) in [6.45, 7) is 0. The van der Waals surface area contributed by atoms with Crippen LogP contribution in [0, 0.1) is 6.26 Å². The molecule has 1 heterocycles. The normalized spacial score (nSPS) is 6.67. The average Bonchev–Trinajstić information content (AvgIpc) is 1.76. The van der Waals surface area contributed by atoms with Gasteiger partial charge >= 0.3 is 0 Å². The predicted molar refractivity (Wildman–Crippen MR) is 21.2 cm³/mol. The van der Waals surface area contributed by atoms with Gasteiger partial charge in [-0.3, -0.25) is 0 Å². The Kier molecular flexibility index (Phi) is 2.16. The summed E-state index contributed by atoms with van der Waals surface area (Å²) in [6, 6.07) is 3.49. The van der Waals surface area contributed by atoms with Gasteiger partial charge in [0.1, 0.15) is 0 Å². The molecule has 0 saturated carbocycles. The summed E-state index contributed by atoms with van der Waals surface area (Å²) in [7, 11) is 0. The molecule has 1 aromatic rings. The molecule has 0 aliphatic carbocycles. The lowest BCUT2D eigenvalue weighted by Gasteiger charge is -1.48. The van der Waals surface area contributed by atoms with Crippen LogP contribution in [-0.4, -0.2) is 5.48 Å². The molecule has 0 aromatic carbocycles. The van der Waals surface area contributed by atoms with Crippen LogP contribution in [0.5, 0.6) is 0 Å². The fourth-order valence-corrected chi connectivity index (χ4v) is 0.196. The minimum atomic E-state index is 0. The van der Waals surface area contributed by atoms with E-state index >= 15 is 0 Å². The van der Waals surface area contributed by atoms with E-state index in [9.17, 15) is 0 Å². The smallest absolute Gasteiger partial charge is 0.169 e. The standard InChI is InChI=1S/C4H3O.H2O/c1-2-4-5-3-1;/h1-3H;1H2. The molecule has 6 heavy (non-hydrogen) atoms. The van der Waals surface area contributed by atoms with Crippen molar-refractivity contribution in [2.75, 3.05) is 0 Å². The molecule has 0 aliphatic rings. The van der Waals surface area contributed by atoms with Crippen LogP contribution in [0.25, 0.3) is 0 Å². The van der Waals surface area contributed by atoms with E-state index in [2.05, 4.69) is 10.7 Å². The molecule has 33 valence electrons. The van der Waals surface area contributed by atoms with Crippen molar-refractivity contribution < 1.29 is 9.89 Å². The molecule has 2 heteroatoms. The van der Waals surface area contributed by atoms with Gasteiger partial charge in [0.05, 0.1) is 6.26 Å². The lowest BCUT2D eigenvalue weighted by Crippen LogP contribution is -1.19. The van der Waals surface area contributed by atoms with Crippen LogP contribution in [0.1, 0.15) is 0 Å². The van der Waals surface area contributed by atoms with E-state index in [1.165, 1.54) is 0 Å². The summed E-state index contributed by atoms with van der Waals surface area (Å²) in [4.78, 5) is 0. The van der Waals surface area contributed by atoms with Crippen LogP contribution >= 0.6 is 0 Å². The van der Waals surface area contributed by atoms with Crippen LogP contribution in [0.3, 0.4) is 0 Å². The molecule has 0 unspecified atom stereocenters. The predicted octanol–water partition coefficient (Wildman–Crippen LogP) is 0.255. The summed E-state index contributed by atoms with van der Waals surface area (Å²) < 4.78 is 4.46. The Morgan fingerprint density at radius 1 is 1.50 bits per heavy atom. The van der Waals surface area contributed by atoms with Crippen LogP contribution in [0.2, 0.25) is 0 Å². The average molecular weight is 85.1 g/mol. The highest BCUT2D eigenvalue weighted by atomic mass is 16.3. The third-order valence-electron chi connectivity index (χ3n) is 0.379. The van der Waals surface area contributed by atoms with E-state index in [1.54, 1.807) is 18.4 Å². The van der Waals surface area contributed by atoms with Crippen LogP contribution in [-0.2, 0) is 0 Å². The van der Waals surface area contributed by atoms with E-state index in [0.29, 0.717) is 0 Å². The fraction of sp³-hybridized carbons (Fsp3) is 0. The summed E-state index contributed by atoms with van der Waals surface area (Å²) in [5.74, 6) is 0. The first-order valence-electron chi connectivity index (χ1n) is 1.40. The Morgan fingerprint density at radius 2 is 2.33 bits per heavy atom. The van der Waals surface area contributed by atoms with Gasteiger partial charge < -0.3 is 9.89 Å². The van der Waals surface area contributed by atoms with Crippen molar-refractivity contribution in [2.24, 2.45) is 0 Å². The van der Waals surface area contributed by atoms with Crippen molar-refractivity contribution in [1.82, 2.24) is 0 Å². The summed E-state index contributed by atoms with van der Waals surface area (Å²) in [5, 5.41) is 0. The topological polar surface area (TPSA) is 44.6 Å². The maximum Gasteiger partial charge on any atom is 0.169 e.